The average Bonchev–Trinajstić information content (AvgIpc) is 2.43. The van der Waals surface area contributed by atoms with E-state index in [0.717, 1.165) is 0 Å². The van der Waals surface area contributed by atoms with E-state index >= 15 is 0 Å². The molecule has 1 aromatic rings. The molecule has 0 spiro atoms. The Balaban J connectivity index is 0.00000400. The second-order valence-corrected chi connectivity index (χ2v) is 4.99. The van der Waals surface area contributed by atoms with Crippen molar-refractivity contribution < 1.29 is 19.9 Å². The van der Waals surface area contributed by atoms with Gasteiger partial charge < -0.3 is 15.5 Å². The number of hydrogen-bond donors (Lipinski definition) is 3. The summed E-state index contributed by atoms with van der Waals surface area (Å²) in [5.74, 6) is -0.756. The summed E-state index contributed by atoms with van der Waals surface area (Å²) < 4.78 is 0. The second kappa shape index (κ2) is 9.58. The van der Waals surface area contributed by atoms with Crippen molar-refractivity contribution in [3.8, 4) is 0 Å². The molecular formula is C11H13Cl2N2NaO5. The van der Waals surface area contributed by atoms with Gasteiger partial charge in [-0.15, -0.1) is 0 Å². The number of hydrogen-bond acceptors (Lipinski definition) is 5. The van der Waals surface area contributed by atoms with Crippen LogP contribution < -0.4 is 5.32 Å². The molecule has 0 saturated heterocycles. The first-order valence-corrected chi connectivity index (χ1v) is 6.36. The third-order valence-electron chi connectivity index (χ3n) is 2.55. The number of carbonyl (C=O) groups excluding carboxylic acids is 1. The van der Waals surface area contributed by atoms with Crippen LogP contribution in [0.1, 0.15) is 11.7 Å². The first kappa shape index (κ1) is 20.6. The molecular weight excluding hydrogens is 334 g/mol. The molecule has 0 aromatic heterocycles. The molecule has 112 valence electrons. The van der Waals surface area contributed by atoms with Crippen LogP contribution in [-0.2, 0) is 4.79 Å². The molecule has 2 atom stereocenters. The number of nitro groups is 1. The Morgan fingerprint density at radius 2 is 1.86 bits per heavy atom. The Morgan fingerprint density at radius 1 is 1.33 bits per heavy atom. The monoisotopic (exact) mass is 346 g/mol. The van der Waals surface area contributed by atoms with Gasteiger partial charge in [0.2, 0.25) is 0 Å². The zero-order valence-electron chi connectivity index (χ0n) is 10.1. The van der Waals surface area contributed by atoms with Crippen molar-refractivity contribution in [2.75, 3.05) is 6.61 Å². The van der Waals surface area contributed by atoms with Gasteiger partial charge in [0, 0.05) is 12.1 Å². The number of carbonyl (C=O) groups is 1. The van der Waals surface area contributed by atoms with Crippen molar-refractivity contribution in [3.63, 3.8) is 0 Å². The number of alkyl halides is 2. The predicted octanol–water partition coefficient (Wildman–Crippen LogP) is 0.261. The van der Waals surface area contributed by atoms with Crippen molar-refractivity contribution in [2.45, 2.75) is 17.0 Å². The molecule has 1 aromatic carbocycles. The number of amides is 1. The van der Waals surface area contributed by atoms with Gasteiger partial charge in [-0.05, 0) is 17.7 Å². The van der Waals surface area contributed by atoms with Crippen LogP contribution in [-0.4, -0.2) is 68.1 Å². The molecule has 0 fully saturated rings. The van der Waals surface area contributed by atoms with Gasteiger partial charge in [0.1, 0.15) is 6.10 Å². The Labute approximate surface area is 152 Å². The number of aliphatic hydroxyl groups excluding tert-OH is 2. The van der Waals surface area contributed by atoms with Crippen LogP contribution in [0.5, 0.6) is 0 Å². The Hall–Kier alpha value is -0.410. The minimum absolute atomic E-state index is 0. The SMILES string of the molecule is O=C(N[C@H](CO)[C@H](O)c1ccc([N+](=O)[O-])cc1)C(Cl)Cl.[NaH]. The minimum atomic E-state index is -1.33. The van der Waals surface area contributed by atoms with Crippen molar-refractivity contribution >= 4 is 64.4 Å². The van der Waals surface area contributed by atoms with Crippen molar-refractivity contribution in [3.05, 3.63) is 39.9 Å². The molecule has 1 amide bonds. The molecule has 3 N–H and O–H groups in total. The van der Waals surface area contributed by atoms with E-state index in [4.69, 9.17) is 28.3 Å². The first-order chi connectivity index (χ1) is 9.36. The molecule has 0 unspecified atom stereocenters. The number of nitrogens with zero attached hydrogens (tertiary/aromatic N) is 1. The van der Waals surface area contributed by atoms with Gasteiger partial charge >= 0.3 is 29.6 Å². The van der Waals surface area contributed by atoms with Crippen molar-refractivity contribution in [1.82, 2.24) is 5.32 Å². The summed E-state index contributed by atoms with van der Waals surface area (Å²) in [6.07, 6.45) is -1.25. The van der Waals surface area contributed by atoms with Gasteiger partial charge in [-0.1, -0.05) is 23.2 Å². The zero-order valence-corrected chi connectivity index (χ0v) is 11.6. The topological polar surface area (TPSA) is 113 Å². The first-order valence-electron chi connectivity index (χ1n) is 5.48. The molecule has 0 saturated carbocycles. The number of aliphatic hydroxyl groups is 2. The molecule has 10 heteroatoms. The standard InChI is InChI=1S/C11H12Cl2N2O5.Na.H/c12-10(13)11(18)14-8(5-16)9(17)6-1-3-7(4-2-6)15(19)20;;/h1-4,8-10,16-17H,5H2,(H,14,18);;/t8-,9-;;/m1../s1. The van der Waals surface area contributed by atoms with Crippen LogP contribution in [0.4, 0.5) is 5.69 Å². The van der Waals surface area contributed by atoms with Crippen LogP contribution in [0.3, 0.4) is 0 Å². The molecule has 0 aliphatic heterocycles. The maximum atomic E-state index is 11.3. The van der Waals surface area contributed by atoms with E-state index in [1.54, 1.807) is 0 Å². The molecule has 0 heterocycles. The fourth-order valence-corrected chi connectivity index (χ4v) is 1.62. The van der Waals surface area contributed by atoms with Gasteiger partial charge in [-0.25, -0.2) is 0 Å². The molecule has 21 heavy (non-hydrogen) atoms. The van der Waals surface area contributed by atoms with Gasteiger partial charge in [0.25, 0.3) is 11.6 Å². The summed E-state index contributed by atoms with van der Waals surface area (Å²) in [5, 5.41) is 31.9. The molecule has 0 aliphatic rings. The van der Waals surface area contributed by atoms with Crippen molar-refractivity contribution in [2.24, 2.45) is 0 Å². The number of non-ortho nitro benzene ring substituents is 1. The van der Waals surface area contributed by atoms with E-state index in [9.17, 15) is 20.0 Å². The second-order valence-electron chi connectivity index (χ2n) is 3.89. The van der Waals surface area contributed by atoms with Gasteiger partial charge in [0.05, 0.1) is 17.6 Å². The predicted molar refractivity (Wildman–Crippen MR) is 79.7 cm³/mol. The van der Waals surface area contributed by atoms with Crippen LogP contribution in [0.15, 0.2) is 24.3 Å². The third kappa shape index (κ3) is 6.07. The van der Waals surface area contributed by atoms with Gasteiger partial charge in [-0.3, -0.25) is 14.9 Å². The number of nitrogens with one attached hydrogen (secondary N) is 1. The summed E-state index contributed by atoms with van der Waals surface area (Å²) in [4.78, 5) is 19.9. The number of halogens is 2. The molecule has 0 aliphatic carbocycles. The summed E-state index contributed by atoms with van der Waals surface area (Å²) >= 11 is 10.7. The number of benzene rings is 1. The quantitative estimate of drug-likeness (QED) is 0.296. The maximum absolute atomic E-state index is 11.3. The Bertz CT molecular complexity index is 486. The molecule has 7 nitrogen and oxygen atoms in total. The summed E-state index contributed by atoms with van der Waals surface area (Å²) in [7, 11) is 0. The van der Waals surface area contributed by atoms with Crippen LogP contribution in [0.2, 0.25) is 0 Å². The summed E-state index contributed by atoms with van der Waals surface area (Å²) in [6, 6.07) is 4.05. The zero-order chi connectivity index (χ0) is 15.3. The number of nitro benzene ring substituents is 1. The normalized spacial score (nSPS) is 13.2. The Morgan fingerprint density at radius 3 is 2.24 bits per heavy atom. The van der Waals surface area contributed by atoms with Crippen LogP contribution in [0, 0.1) is 10.1 Å². The average molecular weight is 347 g/mol. The van der Waals surface area contributed by atoms with E-state index in [1.807, 2.05) is 0 Å². The fraction of sp³-hybridized carbons (Fsp3) is 0.364. The number of rotatable bonds is 6. The van der Waals surface area contributed by atoms with Gasteiger partial charge in [0.15, 0.2) is 4.84 Å². The van der Waals surface area contributed by atoms with E-state index in [2.05, 4.69) is 5.32 Å². The van der Waals surface area contributed by atoms with Crippen LogP contribution >= 0.6 is 23.2 Å². The third-order valence-corrected chi connectivity index (χ3v) is 2.95. The fourth-order valence-electron chi connectivity index (χ4n) is 1.50. The molecule has 0 radical (unpaired) electrons. The van der Waals surface area contributed by atoms with Crippen molar-refractivity contribution in [1.29, 1.82) is 0 Å². The van der Waals surface area contributed by atoms with E-state index in [0.29, 0.717) is 5.56 Å². The van der Waals surface area contributed by atoms with E-state index < -0.39 is 34.4 Å². The summed E-state index contributed by atoms with van der Waals surface area (Å²) in [6.45, 7) is -0.551. The van der Waals surface area contributed by atoms with Gasteiger partial charge in [-0.2, -0.15) is 0 Å². The Kier molecular flexibility index (Phi) is 9.39. The van der Waals surface area contributed by atoms with E-state index in [-0.39, 0.29) is 35.2 Å². The molecule has 1 rings (SSSR count). The molecule has 0 bridgehead atoms. The van der Waals surface area contributed by atoms with E-state index in [1.165, 1.54) is 24.3 Å². The summed E-state index contributed by atoms with van der Waals surface area (Å²) in [5.41, 5.74) is 0.169. The van der Waals surface area contributed by atoms with Crippen LogP contribution in [0.25, 0.3) is 0 Å².